The lowest BCUT2D eigenvalue weighted by Crippen LogP contribution is -2.16. The highest BCUT2D eigenvalue weighted by Crippen LogP contribution is 2.35. The maximum atomic E-state index is 12.8. The zero-order valence-electron chi connectivity index (χ0n) is 19.9. The maximum absolute atomic E-state index is 12.8. The minimum absolute atomic E-state index is 0.132. The first-order valence-electron chi connectivity index (χ1n) is 10.2. The third-order valence-corrected chi connectivity index (χ3v) is 7.00. The number of methoxy groups -OCH3 is 4. The van der Waals surface area contributed by atoms with Gasteiger partial charge in [-0.25, -0.2) is 22.6 Å². The summed E-state index contributed by atoms with van der Waals surface area (Å²) in [5.74, 6) is 1.22. The fraction of sp³-hybridized carbons (Fsp3) is 0.238. The van der Waals surface area contributed by atoms with Crippen LogP contribution in [0.5, 0.6) is 22.4 Å². The van der Waals surface area contributed by atoms with Gasteiger partial charge in [0.15, 0.2) is 10.7 Å². The van der Waals surface area contributed by atoms with E-state index in [4.69, 9.17) is 18.9 Å². The topological polar surface area (TPSA) is 148 Å². The smallest absolute Gasteiger partial charge is 0.294 e. The Hall–Kier alpha value is -4.11. The van der Waals surface area contributed by atoms with Crippen LogP contribution in [0.15, 0.2) is 34.7 Å². The second kappa shape index (κ2) is 9.87. The molecule has 36 heavy (non-hydrogen) atoms. The molecule has 0 bridgehead atoms. The van der Waals surface area contributed by atoms with Crippen molar-refractivity contribution >= 4 is 38.8 Å². The van der Waals surface area contributed by atoms with Crippen LogP contribution in [0, 0.1) is 0 Å². The Bertz CT molecular complexity index is 1600. The Morgan fingerprint density at radius 2 is 1.72 bits per heavy atom. The second-order valence-corrected chi connectivity index (χ2v) is 9.69. The highest BCUT2D eigenvalue weighted by atomic mass is 32.2. The normalized spacial score (nSPS) is 11.7. The number of fused-ring (bicyclic) bond motifs is 1. The number of hydrogen-bond donors (Lipinski definition) is 1. The van der Waals surface area contributed by atoms with Gasteiger partial charge in [-0.3, -0.25) is 9.52 Å². The van der Waals surface area contributed by atoms with Gasteiger partial charge in [-0.1, -0.05) is 16.4 Å². The SMILES string of the molecule is COc1cc(OC)c(C=CS(=O)(=O)Nc2cnc3c(-c4nnc(OC)s4)c(=O)n(C)n3c2)c(OC)c1. The van der Waals surface area contributed by atoms with E-state index >= 15 is 0 Å². The maximum Gasteiger partial charge on any atom is 0.294 e. The molecule has 0 unspecified atom stereocenters. The van der Waals surface area contributed by atoms with E-state index in [1.54, 1.807) is 12.1 Å². The highest BCUT2D eigenvalue weighted by Gasteiger charge is 2.21. The Morgan fingerprint density at radius 1 is 1.03 bits per heavy atom. The Kier molecular flexibility index (Phi) is 6.85. The molecule has 1 aromatic carbocycles. The van der Waals surface area contributed by atoms with Crippen molar-refractivity contribution in [3.63, 3.8) is 0 Å². The van der Waals surface area contributed by atoms with Crippen LogP contribution in [-0.4, -0.2) is 61.2 Å². The molecule has 0 radical (unpaired) electrons. The fourth-order valence-electron chi connectivity index (χ4n) is 3.37. The average Bonchev–Trinajstić information content (AvgIpc) is 3.44. The number of hydrogen-bond acceptors (Lipinski definition) is 11. The van der Waals surface area contributed by atoms with Gasteiger partial charge in [0.2, 0.25) is 0 Å². The predicted octanol–water partition coefficient (Wildman–Crippen LogP) is 2.00. The van der Waals surface area contributed by atoms with Crippen molar-refractivity contribution in [1.82, 2.24) is 24.4 Å². The van der Waals surface area contributed by atoms with Crippen LogP contribution >= 0.6 is 11.3 Å². The summed E-state index contributed by atoms with van der Waals surface area (Å²) in [4.78, 5) is 17.1. The van der Waals surface area contributed by atoms with Gasteiger partial charge in [0, 0.05) is 19.2 Å². The Morgan fingerprint density at radius 3 is 2.31 bits per heavy atom. The summed E-state index contributed by atoms with van der Waals surface area (Å²) in [5, 5.41) is 9.44. The fourth-order valence-corrected chi connectivity index (χ4v) is 4.87. The van der Waals surface area contributed by atoms with Crippen LogP contribution in [0.3, 0.4) is 0 Å². The van der Waals surface area contributed by atoms with Gasteiger partial charge >= 0.3 is 0 Å². The van der Waals surface area contributed by atoms with Gasteiger partial charge in [0.1, 0.15) is 22.8 Å². The van der Waals surface area contributed by atoms with E-state index in [0.717, 1.165) is 16.7 Å². The summed E-state index contributed by atoms with van der Waals surface area (Å²) in [5.41, 5.74) is 0.677. The van der Waals surface area contributed by atoms with E-state index < -0.39 is 10.0 Å². The molecule has 3 heterocycles. The first kappa shape index (κ1) is 25.0. The number of nitrogens with zero attached hydrogens (tertiary/aromatic N) is 5. The monoisotopic (exact) mass is 534 g/mol. The summed E-state index contributed by atoms with van der Waals surface area (Å²) < 4.78 is 51.7. The summed E-state index contributed by atoms with van der Waals surface area (Å²) in [6.45, 7) is 0. The van der Waals surface area contributed by atoms with Crippen molar-refractivity contribution in [1.29, 1.82) is 0 Å². The third kappa shape index (κ3) is 4.70. The largest absolute Gasteiger partial charge is 0.496 e. The van der Waals surface area contributed by atoms with Crippen molar-refractivity contribution in [2.24, 2.45) is 7.05 Å². The van der Waals surface area contributed by atoms with Crippen molar-refractivity contribution in [3.05, 3.63) is 45.9 Å². The van der Waals surface area contributed by atoms with Crippen LogP contribution < -0.4 is 29.2 Å². The van der Waals surface area contributed by atoms with E-state index in [9.17, 15) is 13.2 Å². The minimum atomic E-state index is -3.99. The van der Waals surface area contributed by atoms with E-state index in [1.807, 2.05) is 0 Å². The number of rotatable bonds is 9. The van der Waals surface area contributed by atoms with Gasteiger partial charge in [0.25, 0.3) is 20.8 Å². The Labute approximate surface area is 209 Å². The number of aryl methyl sites for hydroxylation is 1. The van der Waals surface area contributed by atoms with E-state index in [-0.39, 0.29) is 22.5 Å². The molecule has 0 spiro atoms. The molecule has 0 aliphatic carbocycles. The van der Waals surface area contributed by atoms with Gasteiger partial charge in [-0.2, -0.15) is 0 Å². The lowest BCUT2D eigenvalue weighted by molar-refractivity contribution is 0.374. The molecule has 0 fully saturated rings. The van der Waals surface area contributed by atoms with Crippen LogP contribution in [0.2, 0.25) is 0 Å². The number of sulfonamides is 1. The minimum Gasteiger partial charge on any atom is -0.496 e. The molecular formula is C21H22N6O7S2. The van der Waals surface area contributed by atoms with Crippen molar-refractivity contribution in [2.45, 2.75) is 0 Å². The molecule has 0 saturated heterocycles. The van der Waals surface area contributed by atoms with Gasteiger partial charge in [0.05, 0.1) is 57.5 Å². The molecular weight excluding hydrogens is 512 g/mol. The number of nitrogens with one attached hydrogen (secondary N) is 1. The van der Waals surface area contributed by atoms with E-state index in [1.165, 1.54) is 63.2 Å². The van der Waals surface area contributed by atoms with E-state index in [2.05, 4.69) is 19.9 Å². The number of benzene rings is 1. The molecule has 0 saturated carbocycles. The van der Waals surface area contributed by atoms with Crippen LogP contribution in [-0.2, 0) is 17.1 Å². The highest BCUT2D eigenvalue weighted by molar-refractivity contribution is 7.95. The molecule has 4 aromatic rings. The van der Waals surface area contributed by atoms with Crippen LogP contribution in [0.1, 0.15) is 5.56 Å². The van der Waals surface area contributed by atoms with Gasteiger partial charge in [-0.05, 0) is 6.08 Å². The summed E-state index contributed by atoms with van der Waals surface area (Å²) in [7, 11) is 3.39. The Balaban J connectivity index is 1.67. The molecule has 1 N–H and O–H groups in total. The molecule has 190 valence electrons. The van der Waals surface area contributed by atoms with Crippen molar-refractivity contribution in [3.8, 4) is 33.0 Å². The molecule has 13 nitrogen and oxygen atoms in total. The standard InChI is InChI=1S/C21H22N6O7S2/c1-26-20(28)17(19-23-24-21(34-5)35-19)18-22-10-12(11-27(18)26)25-36(29,30)7-6-14-15(32-3)8-13(31-2)9-16(14)33-4/h6-11,25H,1-5H3. The quantitative estimate of drug-likeness (QED) is 0.338. The molecule has 3 aromatic heterocycles. The van der Waals surface area contributed by atoms with Crippen LogP contribution in [0.25, 0.3) is 22.3 Å². The van der Waals surface area contributed by atoms with Crippen molar-refractivity contribution in [2.75, 3.05) is 33.2 Å². The molecule has 4 rings (SSSR count). The first-order chi connectivity index (χ1) is 17.2. The lowest BCUT2D eigenvalue weighted by Gasteiger charge is -2.12. The predicted molar refractivity (Wildman–Crippen MR) is 134 cm³/mol. The number of anilines is 1. The molecule has 0 atom stereocenters. The van der Waals surface area contributed by atoms with Gasteiger partial charge < -0.3 is 18.9 Å². The zero-order chi connectivity index (χ0) is 26.0. The summed E-state index contributed by atoms with van der Waals surface area (Å²) >= 11 is 1.10. The lowest BCUT2D eigenvalue weighted by atomic mass is 10.1. The average molecular weight is 535 g/mol. The first-order valence-corrected chi connectivity index (χ1v) is 12.5. The summed E-state index contributed by atoms with van der Waals surface area (Å²) in [6, 6.07) is 3.22. The van der Waals surface area contributed by atoms with E-state index in [0.29, 0.717) is 33.0 Å². The third-order valence-electron chi connectivity index (χ3n) is 5.08. The zero-order valence-corrected chi connectivity index (χ0v) is 21.5. The molecule has 0 amide bonds. The van der Waals surface area contributed by atoms with Crippen LogP contribution in [0.4, 0.5) is 5.69 Å². The summed E-state index contributed by atoms with van der Waals surface area (Å²) in [6.07, 6.45) is 4.08. The molecule has 0 aliphatic rings. The number of aromatic nitrogens is 5. The number of ether oxygens (including phenoxy) is 4. The van der Waals surface area contributed by atoms with Gasteiger partial charge in [-0.15, -0.1) is 5.10 Å². The second-order valence-electron chi connectivity index (χ2n) is 7.19. The molecule has 0 aliphatic heterocycles. The van der Waals surface area contributed by atoms with Crippen molar-refractivity contribution < 1.29 is 27.4 Å². The molecule has 15 heteroatoms.